The summed E-state index contributed by atoms with van der Waals surface area (Å²) in [6.07, 6.45) is 5.69. The highest BCUT2D eigenvalue weighted by atomic mass is 15.2. The third-order valence-electron chi connectivity index (χ3n) is 7.11. The minimum atomic E-state index is 0.605. The van der Waals surface area contributed by atoms with Crippen molar-refractivity contribution in [3.05, 3.63) is 52.5 Å². The first-order valence-electron chi connectivity index (χ1n) is 10.7. The van der Waals surface area contributed by atoms with E-state index in [-0.39, 0.29) is 0 Å². The normalized spacial score (nSPS) is 24.0. The average Bonchev–Trinajstić information content (AvgIpc) is 3.10. The summed E-state index contributed by atoms with van der Waals surface area (Å²) in [5.41, 5.74) is 7.92. The van der Waals surface area contributed by atoms with Crippen LogP contribution in [-0.2, 0) is 12.8 Å². The molecule has 0 bridgehead atoms. The smallest absolute Gasteiger partial charge is 0.225 e. The molecule has 1 unspecified atom stereocenters. The molecule has 5 rings (SSSR count). The van der Waals surface area contributed by atoms with Gasteiger partial charge in [-0.2, -0.15) is 0 Å². The van der Waals surface area contributed by atoms with E-state index in [2.05, 4.69) is 55.2 Å². The number of aryl methyl sites for hydroxylation is 2. The Bertz CT molecular complexity index is 1040. The Hall–Kier alpha value is -2.40. The number of rotatable bonds is 3. The van der Waals surface area contributed by atoms with E-state index < -0.39 is 0 Å². The lowest BCUT2D eigenvalue weighted by Gasteiger charge is -2.45. The van der Waals surface area contributed by atoms with Crippen molar-refractivity contribution in [1.29, 1.82) is 0 Å². The summed E-state index contributed by atoms with van der Waals surface area (Å²) in [7, 11) is 6.32. The van der Waals surface area contributed by atoms with Crippen molar-refractivity contribution in [2.45, 2.75) is 45.1 Å². The van der Waals surface area contributed by atoms with Crippen LogP contribution in [0.5, 0.6) is 0 Å². The van der Waals surface area contributed by atoms with Gasteiger partial charge in [-0.1, -0.05) is 12.1 Å². The van der Waals surface area contributed by atoms with Crippen LogP contribution in [-0.4, -0.2) is 53.6 Å². The molecule has 2 aromatic heterocycles. The van der Waals surface area contributed by atoms with E-state index in [1.165, 1.54) is 28.5 Å². The monoisotopic (exact) mass is 389 g/mol. The van der Waals surface area contributed by atoms with E-state index in [0.717, 1.165) is 36.7 Å². The lowest BCUT2D eigenvalue weighted by molar-refractivity contribution is 0.111. The van der Waals surface area contributed by atoms with Crippen LogP contribution in [0.25, 0.3) is 10.9 Å². The molecule has 2 aliphatic rings. The summed E-state index contributed by atoms with van der Waals surface area (Å²) in [5.74, 6) is 2.04. The van der Waals surface area contributed by atoms with Crippen LogP contribution >= 0.6 is 0 Å². The van der Waals surface area contributed by atoms with Crippen LogP contribution in [0.4, 0.5) is 5.95 Å². The minimum Gasteiger partial charge on any atom is -0.361 e. The average molecular weight is 390 g/mol. The topological polar surface area (TPSA) is 48.1 Å². The van der Waals surface area contributed by atoms with E-state index in [0.29, 0.717) is 17.9 Å². The number of H-pyrrole nitrogens is 1. The molecule has 5 nitrogen and oxygen atoms in total. The zero-order valence-electron chi connectivity index (χ0n) is 18.2. The second kappa shape index (κ2) is 6.84. The van der Waals surface area contributed by atoms with Gasteiger partial charge in [-0.25, -0.2) is 9.97 Å². The number of hydrogen-bond donors (Lipinski definition) is 1. The maximum Gasteiger partial charge on any atom is 0.225 e. The van der Waals surface area contributed by atoms with E-state index in [4.69, 9.17) is 9.97 Å². The summed E-state index contributed by atoms with van der Waals surface area (Å²) in [4.78, 5) is 17.6. The Kier molecular flexibility index (Phi) is 4.39. The van der Waals surface area contributed by atoms with Gasteiger partial charge in [0.25, 0.3) is 0 Å². The van der Waals surface area contributed by atoms with Gasteiger partial charge >= 0.3 is 0 Å². The quantitative estimate of drug-likeness (QED) is 0.739. The molecule has 1 saturated heterocycles. The number of nitrogens with zero attached hydrogens (tertiary/aromatic N) is 4. The number of fused-ring (bicyclic) bond motifs is 2. The lowest BCUT2D eigenvalue weighted by Crippen LogP contribution is -2.48. The Balaban J connectivity index is 1.46. The number of anilines is 1. The van der Waals surface area contributed by atoms with Crippen molar-refractivity contribution in [2.24, 2.45) is 5.92 Å². The maximum atomic E-state index is 4.75. The van der Waals surface area contributed by atoms with Crippen LogP contribution in [0, 0.1) is 19.8 Å². The first-order valence-corrected chi connectivity index (χ1v) is 10.7. The molecule has 0 saturated carbocycles. The molecule has 1 aliphatic heterocycles. The largest absolute Gasteiger partial charge is 0.361 e. The number of aromatic amines is 1. The van der Waals surface area contributed by atoms with Crippen LogP contribution in [0.1, 0.15) is 40.4 Å². The Labute approximate surface area is 173 Å². The van der Waals surface area contributed by atoms with Crippen LogP contribution in [0.15, 0.2) is 24.4 Å². The van der Waals surface area contributed by atoms with Gasteiger partial charge in [0.15, 0.2) is 0 Å². The van der Waals surface area contributed by atoms with Gasteiger partial charge in [-0.15, -0.1) is 0 Å². The summed E-state index contributed by atoms with van der Waals surface area (Å²) < 4.78 is 0. The molecule has 1 fully saturated rings. The van der Waals surface area contributed by atoms with Crippen molar-refractivity contribution in [2.75, 3.05) is 32.6 Å². The highest BCUT2D eigenvalue weighted by Gasteiger charge is 2.39. The lowest BCUT2D eigenvalue weighted by atomic mass is 9.71. The van der Waals surface area contributed by atoms with Gasteiger partial charge in [0, 0.05) is 61.1 Å². The molecule has 1 aliphatic carbocycles. The molecule has 3 aromatic rings. The Morgan fingerprint density at radius 1 is 1.17 bits per heavy atom. The number of benzene rings is 1. The first kappa shape index (κ1) is 18.6. The third-order valence-corrected chi connectivity index (χ3v) is 7.11. The molecule has 5 heteroatoms. The molecule has 29 heavy (non-hydrogen) atoms. The second-order valence-electron chi connectivity index (χ2n) is 9.27. The van der Waals surface area contributed by atoms with Crippen LogP contribution < -0.4 is 4.90 Å². The summed E-state index contributed by atoms with van der Waals surface area (Å²) in [5, 5.41) is 1.48. The Morgan fingerprint density at radius 2 is 1.93 bits per heavy atom. The fourth-order valence-electron chi connectivity index (χ4n) is 5.71. The van der Waals surface area contributed by atoms with Gasteiger partial charge in [0.1, 0.15) is 0 Å². The summed E-state index contributed by atoms with van der Waals surface area (Å²) >= 11 is 0. The Morgan fingerprint density at radius 3 is 2.66 bits per heavy atom. The van der Waals surface area contributed by atoms with E-state index in [1.807, 2.05) is 19.0 Å². The first-order chi connectivity index (χ1) is 13.9. The number of likely N-dealkylation sites (tertiary alicyclic amines) is 1. The molecule has 0 radical (unpaired) electrons. The number of piperidine rings is 1. The molecular formula is C24H31N5. The second-order valence-corrected chi connectivity index (χ2v) is 9.27. The zero-order valence-corrected chi connectivity index (χ0v) is 18.2. The number of aromatic nitrogens is 3. The van der Waals surface area contributed by atoms with Gasteiger partial charge in [0.05, 0.1) is 0 Å². The molecule has 152 valence electrons. The molecule has 1 aromatic carbocycles. The highest BCUT2D eigenvalue weighted by Crippen LogP contribution is 2.45. The van der Waals surface area contributed by atoms with Gasteiger partial charge < -0.3 is 14.8 Å². The molecular weight excluding hydrogens is 358 g/mol. The molecule has 1 N–H and O–H groups in total. The van der Waals surface area contributed by atoms with Gasteiger partial charge in [-0.05, 0) is 68.8 Å². The minimum absolute atomic E-state index is 0.605. The maximum absolute atomic E-state index is 4.75. The highest BCUT2D eigenvalue weighted by molar-refractivity contribution is 5.88. The number of nitrogens with one attached hydrogen (secondary N) is 1. The predicted octanol–water partition coefficient (Wildman–Crippen LogP) is 3.84. The number of hydrogen-bond acceptors (Lipinski definition) is 4. The van der Waals surface area contributed by atoms with Gasteiger partial charge in [0.2, 0.25) is 5.95 Å². The fourth-order valence-corrected chi connectivity index (χ4v) is 5.71. The number of likely N-dealkylation sites (N-methyl/N-ethyl adjacent to an activating group) is 1. The van der Waals surface area contributed by atoms with Crippen molar-refractivity contribution >= 4 is 16.9 Å². The van der Waals surface area contributed by atoms with E-state index in [9.17, 15) is 0 Å². The van der Waals surface area contributed by atoms with E-state index in [1.54, 1.807) is 5.56 Å². The van der Waals surface area contributed by atoms with Crippen LogP contribution in [0.2, 0.25) is 0 Å². The molecule has 0 spiro atoms. The van der Waals surface area contributed by atoms with Crippen molar-refractivity contribution in [1.82, 2.24) is 19.9 Å². The summed E-state index contributed by atoms with van der Waals surface area (Å²) in [6, 6.07) is 7.39. The van der Waals surface area contributed by atoms with E-state index >= 15 is 0 Å². The van der Waals surface area contributed by atoms with Crippen molar-refractivity contribution in [3.63, 3.8) is 0 Å². The molecule has 3 atom stereocenters. The van der Waals surface area contributed by atoms with Crippen molar-refractivity contribution in [3.8, 4) is 0 Å². The third kappa shape index (κ3) is 3.03. The van der Waals surface area contributed by atoms with Crippen molar-refractivity contribution < 1.29 is 0 Å². The van der Waals surface area contributed by atoms with Gasteiger partial charge in [-0.3, -0.25) is 0 Å². The standard InChI is InChI=1S/C24H31N5/c1-14-19(15(2)27-24(26-14)28(3)4)9-16-10-20-18-7-6-8-21-23(18)17(12-25-21)11-22(20)29(5)13-16/h6-8,12,16,20,22,25H,9-11,13H2,1-5H3/t16?,20-,22-/m1/s1. The zero-order chi connectivity index (χ0) is 20.3. The predicted molar refractivity (Wildman–Crippen MR) is 119 cm³/mol. The van der Waals surface area contributed by atoms with Crippen LogP contribution in [0.3, 0.4) is 0 Å². The molecule has 0 amide bonds. The SMILES string of the molecule is Cc1nc(N(C)C)nc(C)c1CC1C[C@@H]2c3cccc4[nH]cc(c34)C[C@H]2N(C)C1. The fraction of sp³-hybridized carbons (Fsp3) is 0.500. The molecule has 3 heterocycles. The summed E-state index contributed by atoms with van der Waals surface area (Å²) in [6.45, 7) is 5.42.